The van der Waals surface area contributed by atoms with E-state index in [0.29, 0.717) is 6.10 Å². The minimum absolute atomic E-state index is 0.260. The first-order chi connectivity index (χ1) is 8.81. The van der Waals surface area contributed by atoms with Crippen molar-refractivity contribution in [3.63, 3.8) is 0 Å². The summed E-state index contributed by atoms with van der Waals surface area (Å²) in [5.41, 5.74) is 1.79. The Labute approximate surface area is 118 Å². The molecule has 0 radical (unpaired) electrons. The van der Waals surface area contributed by atoms with Gasteiger partial charge in [0, 0.05) is 0 Å². The van der Waals surface area contributed by atoms with Crippen molar-refractivity contribution >= 4 is 0 Å². The second-order valence-corrected chi connectivity index (χ2v) is 7.67. The SMILES string of the molecule is CC1CC(C)(C)C(OCc2ccccc2)C(C)(C)C1. The second-order valence-electron chi connectivity index (χ2n) is 7.67. The molecule has 0 aromatic heterocycles. The lowest BCUT2D eigenvalue weighted by molar-refractivity contribution is -0.139. The van der Waals surface area contributed by atoms with Crippen molar-refractivity contribution in [3.8, 4) is 0 Å². The van der Waals surface area contributed by atoms with Crippen molar-refractivity contribution in [3.05, 3.63) is 35.9 Å². The van der Waals surface area contributed by atoms with Crippen molar-refractivity contribution in [2.75, 3.05) is 0 Å². The topological polar surface area (TPSA) is 9.23 Å². The summed E-state index contributed by atoms with van der Waals surface area (Å²) in [7, 11) is 0. The molecule has 0 aliphatic heterocycles. The summed E-state index contributed by atoms with van der Waals surface area (Å²) in [6, 6.07) is 10.5. The molecule has 1 aliphatic rings. The zero-order valence-electron chi connectivity index (χ0n) is 13.1. The van der Waals surface area contributed by atoms with Crippen LogP contribution in [-0.4, -0.2) is 6.10 Å². The molecule has 0 unspecified atom stereocenters. The van der Waals surface area contributed by atoms with Gasteiger partial charge in [-0.05, 0) is 35.2 Å². The molecule has 1 nitrogen and oxygen atoms in total. The van der Waals surface area contributed by atoms with Crippen LogP contribution in [0.2, 0.25) is 0 Å². The highest BCUT2D eigenvalue weighted by atomic mass is 16.5. The molecule has 0 saturated heterocycles. The molecule has 0 bridgehead atoms. The average Bonchev–Trinajstić information content (AvgIpc) is 2.26. The maximum Gasteiger partial charge on any atom is 0.0721 e. The first-order valence-corrected chi connectivity index (χ1v) is 7.47. The molecule has 0 N–H and O–H groups in total. The van der Waals surface area contributed by atoms with Crippen LogP contribution < -0.4 is 0 Å². The standard InChI is InChI=1S/C18H28O/c1-14-11-17(2,3)16(18(4,5)12-14)19-13-15-9-7-6-8-10-15/h6-10,14,16H,11-13H2,1-5H3. The monoisotopic (exact) mass is 260 g/mol. The molecule has 1 fully saturated rings. The first kappa shape index (κ1) is 14.6. The molecule has 106 valence electrons. The molecule has 1 heteroatoms. The Morgan fingerprint density at radius 1 is 1.00 bits per heavy atom. The van der Waals surface area contributed by atoms with Crippen molar-refractivity contribution in [1.29, 1.82) is 0 Å². The van der Waals surface area contributed by atoms with Crippen LogP contribution in [0.3, 0.4) is 0 Å². The molecular weight excluding hydrogens is 232 g/mol. The largest absolute Gasteiger partial charge is 0.372 e. The van der Waals surface area contributed by atoms with Gasteiger partial charge in [-0.25, -0.2) is 0 Å². The maximum absolute atomic E-state index is 6.35. The third kappa shape index (κ3) is 3.39. The highest BCUT2D eigenvalue weighted by Crippen LogP contribution is 2.50. The summed E-state index contributed by atoms with van der Waals surface area (Å²) in [5, 5.41) is 0. The Balaban J connectivity index is 2.08. The van der Waals surface area contributed by atoms with E-state index in [1.165, 1.54) is 18.4 Å². The molecule has 1 saturated carbocycles. The van der Waals surface area contributed by atoms with Gasteiger partial charge in [0.25, 0.3) is 0 Å². The fourth-order valence-electron chi connectivity index (χ4n) is 4.35. The molecule has 2 rings (SSSR count). The minimum atomic E-state index is 0.260. The summed E-state index contributed by atoms with van der Waals surface area (Å²) >= 11 is 0. The van der Waals surface area contributed by atoms with Crippen LogP contribution in [0.5, 0.6) is 0 Å². The Kier molecular flexibility index (Phi) is 4.06. The van der Waals surface area contributed by atoms with E-state index in [1.807, 2.05) is 0 Å². The van der Waals surface area contributed by atoms with Gasteiger partial charge in [0.2, 0.25) is 0 Å². The zero-order chi connectivity index (χ0) is 14.1. The molecule has 0 heterocycles. The number of benzene rings is 1. The van der Waals surface area contributed by atoms with Crippen LogP contribution in [0.15, 0.2) is 30.3 Å². The van der Waals surface area contributed by atoms with E-state index in [4.69, 9.17) is 4.74 Å². The van der Waals surface area contributed by atoms with Gasteiger partial charge in [-0.2, -0.15) is 0 Å². The first-order valence-electron chi connectivity index (χ1n) is 7.47. The van der Waals surface area contributed by atoms with Gasteiger partial charge in [0.15, 0.2) is 0 Å². The molecular formula is C18H28O. The molecule has 19 heavy (non-hydrogen) atoms. The van der Waals surface area contributed by atoms with Crippen molar-refractivity contribution in [2.45, 2.75) is 60.2 Å². The van der Waals surface area contributed by atoms with E-state index in [9.17, 15) is 0 Å². The van der Waals surface area contributed by atoms with Crippen molar-refractivity contribution < 1.29 is 4.74 Å². The smallest absolute Gasteiger partial charge is 0.0721 e. The van der Waals surface area contributed by atoms with E-state index in [-0.39, 0.29) is 10.8 Å². The zero-order valence-corrected chi connectivity index (χ0v) is 13.1. The average molecular weight is 260 g/mol. The summed E-state index contributed by atoms with van der Waals surface area (Å²) in [6.07, 6.45) is 2.85. The lowest BCUT2D eigenvalue weighted by Crippen LogP contribution is -2.49. The quantitative estimate of drug-likeness (QED) is 0.738. The predicted octanol–water partition coefficient (Wildman–Crippen LogP) is 5.05. The molecule has 1 aromatic rings. The van der Waals surface area contributed by atoms with Crippen LogP contribution in [0.1, 0.15) is 53.0 Å². The van der Waals surface area contributed by atoms with E-state index < -0.39 is 0 Å². The summed E-state index contributed by atoms with van der Waals surface area (Å²) in [5.74, 6) is 0.793. The molecule has 1 aromatic carbocycles. The van der Waals surface area contributed by atoms with Crippen LogP contribution >= 0.6 is 0 Å². The third-order valence-electron chi connectivity index (χ3n) is 4.43. The van der Waals surface area contributed by atoms with Crippen LogP contribution in [0.25, 0.3) is 0 Å². The highest BCUT2D eigenvalue weighted by molar-refractivity contribution is 5.13. The summed E-state index contributed by atoms with van der Waals surface area (Å²) in [6.45, 7) is 12.5. The number of ether oxygens (including phenoxy) is 1. The third-order valence-corrected chi connectivity index (χ3v) is 4.43. The Hall–Kier alpha value is -0.820. The fourth-order valence-corrected chi connectivity index (χ4v) is 4.35. The predicted molar refractivity (Wildman–Crippen MR) is 81.0 cm³/mol. The second kappa shape index (κ2) is 5.28. The van der Waals surface area contributed by atoms with E-state index in [2.05, 4.69) is 65.0 Å². The highest BCUT2D eigenvalue weighted by Gasteiger charge is 2.47. The van der Waals surface area contributed by atoms with Crippen molar-refractivity contribution in [1.82, 2.24) is 0 Å². The summed E-state index contributed by atoms with van der Waals surface area (Å²) in [4.78, 5) is 0. The normalized spacial score (nSPS) is 29.1. The van der Waals surface area contributed by atoms with Gasteiger partial charge >= 0.3 is 0 Å². The number of rotatable bonds is 3. The summed E-state index contributed by atoms with van der Waals surface area (Å²) < 4.78 is 6.35. The Bertz CT molecular complexity index is 387. The maximum atomic E-state index is 6.35. The van der Waals surface area contributed by atoms with Gasteiger partial charge in [-0.3, -0.25) is 0 Å². The fraction of sp³-hybridized carbons (Fsp3) is 0.667. The van der Waals surface area contributed by atoms with Crippen LogP contribution in [0.4, 0.5) is 0 Å². The Morgan fingerprint density at radius 2 is 1.53 bits per heavy atom. The van der Waals surface area contributed by atoms with Crippen LogP contribution in [0, 0.1) is 16.7 Å². The van der Waals surface area contributed by atoms with Gasteiger partial charge in [0.1, 0.15) is 0 Å². The van der Waals surface area contributed by atoms with Gasteiger partial charge in [0.05, 0.1) is 12.7 Å². The van der Waals surface area contributed by atoms with Crippen molar-refractivity contribution in [2.24, 2.45) is 16.7 Å². The van der Waals surface area contributed by atoms with E-state index >= 15 is 0 Å². The minimum Gasteiger partial charge on any atom is -0.372 e. The number of hydrogen-bond acceptors (Lipinski definition) is 1. The van der Waals surface area contributed by atoms with E-state index in [1.54, 1.807) is 0 Å². The Morgan fingerprint density at radius 3 is 2.05 bits per heavy atom. The van der Waals surface area contributed by atoms with Crippen LogP contribution in [-0.2, 0) is 11.3 Å². The molecule has 1 aliphatic carbocycles. The lowest BCUT2D eigenvalue weighted by atomic mass is 9.59. The van der Waals surface area contributed by atoms with Gasteiger partial charge < -0.3 is 4.74 Å². The van der Waals surface area contributed by atoms with Gasteiger partial charge in [-0.1, -0.05) is 65.0 Å². The molecule has 0 spiro atoms. The van der Waals surface area contributed by atoms with E-state index in [0.717, 1.165) is 12.5 Å². The lowest BCUT2D eigenvalue weighted by Gasteiger charge is -2.51. The number of hydrogen-bond donors (Lipinski definition) is 0. The molecule has 0 amide bonds. The van der Waals surface area contributed by atoms with Gasteiger partial charge in [-0.15, -0.1) is 0 Å². The molecule has 0 atom stereocenters.